The second kappa shape index (κ2) is 6.39. The van der Waals surface area contributed by atoms with E-state index in [2.05, 4.69) is 21.2 Å². The van der Waals surface area contributed by atoms with Gasteiger partial charge in [-0.2, -0.15) is 0 Å². The van der Waals surface area contributed by atoms with Crippen LogP contribution in [0.5, 0.6) is 0 Å². The molecule has 2 rings (SSSR count). The molecule has 0 bridgehead atoms. The quantitative estimate of drug-likeness (QED) is 0.888. The first-order chi connectivity index (χ1) is 9.47. The Labute approximate surface area is 126 Å². The molecule has 1 aliphatic carbocycles. The van der Waals surface area contributed by atoms with Crippen LogP contribution >= 0.6 is 15.9 Å². The maximum Gasteiger partial charge on any atom is 0.306 e. The van der Waals surface area contributed by atoms with Gasteiger partial charge in [-0.15, -0.1) is 0 Å². The standard InChI is InChI=1S/C15H18BrNO3/c1-9-2-7-12(13(16)8-9)14(18)17-11-5-3-10(4-6-11)15(19)20/h2,7-8,10-11H,3-6H2,1H3,(H,17,18)(H,19,20). The second-order valence-electron chi connectivity index (χ2n) is 5.34. The SMILES string of the molecule is Cc1ccc(C(=O)NC2CCC(C(=O)O)CC2)c(Br)c1. The zero-order chi connectivity index (χ0) is 14.7. The summed E-state index contributed by atoms with van der Waals surface area (Å²) in [5.74, 6) is -1.08. The van der Waals surface area contributed by atoms with Crippen LogP contribution in [0.25, 0.3) is 0 Å². The highest BCUT2D eigenvalue weighted by Crippen LogP contribution is 2.25. The molecule has 2 N–H and O–H groups in total. The van der Waals surface area contributed by atoms with E-state index >= 15 is 0 Å². The second-order valence-corrected chi connectivity index (χ2v) is 6.20. The molecule has 108 valence electrons. The van der Waals surface area contributed by atoms with Crippen LogP contribution in [0.3, 0.4) is 0 Å². The highest BCUT2D eigenvalue weighted by Gasteiger charge is 2.27. The Kier molecular flexibility index (Phi) is 4.81. The molecule has 0 radical (unpaired) electrons. The number of nitrogens with one attached hydrogen (secondary N) is 1. The first-order valence-corrected chi connectivity index (χ1v) is 7.56. The van der Waals surface area contributed by atoms with Gasteiger partial charge >= 0.3 is 5.97 Å². The van der Waals surface area contributed by atoms with E-state index in [9.17, 15) is 9.59 Å². The fraction of sp³-hybridized carbons (Fsp3) is 0.467. The number of amides is 1. The smallest absolute Gasteiger partial charge is 0.306 e. The van der Waals surface area contributed by atoms with Gasteiger partial charge in [0.1, 0.15) is 0 Å². The Morgan fingerprint density at radius 1 is 1.25 bits per heavy atom. The Morgan fingerprint density at radius 2 is 1.90 bits per heavy atom. The summed E-state index contributed by atoms with van der Waals surface area (Å²) in [7, 11) is 0. The third-order valence-corrected chi connectivity index (χ3v) is 4.44. The van der Waals surface area contributed by atoms with E-state index in [-0.39, 0.29) is 17.9 Å². The van der Waals surface area contributed by atoms with Crippen molar-refractivity contribution < 1.29 is 14.7 Å². The molecule has 4 nitrogen and oxygen atoms in total. The highest BCUT2D eigenvalue weighted by molar-refractivity contribution is 9.10. The average molecular weight is 340 g/mol. The largest absolute Gasteiger partial charge is 0.481 e. The normalized spacial score (nSPS) is 22.3. The number of carboxylic acid groups (broad SMARTS) is 1. The van der Waals surface area contributed by atoms with Gasteiger partial charge in [0.15, 0.2) is 0 Å². The third kappa shape index (κ3) is 3.60. The van der Waals surface area contributed by atoms with Gasteiger partial charge < -0.3 is 10.4 Å². The number of rotatable bonds is 3. The van der Waals surface area contributed by atoms with E-state index in [0.29, 0.717) is 18.4 Å². The van der Waals surface area contributed by atoms with Crippen molar-refractivity contribution in [3.8, 4) is 0 Å². The van der Waals surface area contributed by atoms with Crippen molar-refractivity contribution in [2.45, 2.75) is 38.6 Å². The zero-order valence-corrected chi connectivity index (χ0v) is 12.9. The molecule has 0 aliphatic heterocycles. The summed E-state index contributed by atoms with van der Waals surface area (Å²) in [6.45, 7) is 1.97. The lowest BCUT2D eigenvalue weighted by Gasteiger charge is -2.27. The summed E-state index contributed by atoms with van der Waals surface area (Å²) in [5.41, 5.74) is 1.71. The summed E-state index contributed by atoms with van der Waals surface area (Å²) in [6.07, 6.45) is 2.73. The Hall–Kier alpha value is -1.36. The highest BCUT2D eigenvalue weighted by atomic mass is 79.9. The van der Waals surface area contributed by atoms with E-state index in [4.69, 9.17) is 5.11 Å². The van der Waals surface area contributed by atoms with E-state index in [1.807, 2.05) is 19.1 Å². The fourth-order valence-electron chi connectivity index (χ4n) is 2.55. The molecular weight excluding hydrogens is 322 g/mol. The number of hydrogen-bond donors (Lipinski definition) is 2. The van der Waals surface area contributed by atoms with Gasteiger partial charge in [0, 0.05) is 10.5 Å². The summed E-state index contributed by atoms with van der Waals surface area (Å²) in [4.78, 5) is 23.1. The van der Waals surface area contributed by atoms with Gasteiger partial charge in [-0.3, -0.25) is 9.59 Å². The molecule has 1 aliphatic rings. The minimum absolute atomic E-state index is 0.0753. The molecule has 0 spiro atoms. The fourth-order valence-corrected chi connectivity index (χ4v) is 3.23. The summed E-state index contributed by atoms with van der Waals surface area (Å²) in [5, 5.41) is 11.9. The molecule has 0 atom stereocenters. The van der Waals surface area contributed by atoms with Crippen LogP contribution in [0.15, 0.2) is 22.7 Å². The van der Waals surface area contributed by atoms with Crippen molar-refractivity contribution in [1.29, 1.82) is 0 Å². The first-order valence-electron chi connectivity index (χ1n) is 6.77. The lowest BCUT2D eigenvalue weighted by atomic mass is 9.86. The maximum atomic E-state index is 12.2. The lowest BCUT2D eigenvalue weighted by molar-refractivity contribution is -0.142. The van der Waals surface area contributed by atoms with Crippen LogP contribution in [0.1, 0.15) is 41.6 Å². The number of aliphatic carboxylic acids is 1. The van der Waals surface area contributed by atoms with Crippen LogP contribution < -0.4 is 5.32 Å². The van der Waals surface area contributed by atoms with Crippen LogP contribution in [-0.2, 0) is 4.79 Å². The van der Waals surface area contributed by atoms with Gasteiger partial charge in [0.05, 0.1) is 11.5 Å². The minimum atomic E-state index is -0.726. The monoisotopic (exact) mass is 339 g/mol. The van der Waals surface area contributed by atoms with E-state index in [0.717, 1.165) is 22.9 Å². The van der Waals surface area contributed by atoms with Gasteiger partial charge in [-0.1, -0.05) is 6.07 Å². The van der Waals surface area contributed by atoms with Crippen LogP contribution in [0.4, 0.5) is 0 Å². The topological polar surface area (TPSA) is 66.4 Å². The molecule has 1 aromatic carbocycles. The summed E-state index contributed by atoms with van der Waals surface area (Å²) in [6, 6.07) is 5.70. The molecular formula is C15H18BrNO3. The van der Waals surface area contributed by atoms with Crippen LogP contribution in [0.2, 0.25) is 0 Å². The summed E-state index contributed by atoms with van der Waals surface area (Å²) < 4.78 is 0.786. The van der Waals surface area contributed by atoms with Gasteiger partial charge in [-0.25, -0.2) is 0 Å². The minimum Gasteiger partial charge on any atom is -0.481 e. The molecule has 1 aromatic rings. The Morgan fingerprint density at radius 3 is 2.45 bits per heavy atom. The number of carboxylic acids is 1. The van der Waals surface area contributed by atoms with Crippen LogP contribution in [0, 0.1) is 12.8 Å². The van der Waals surface area contributed by atoms with Gasteiger partial charge in [0.25, 0.3) is 5.91 Å². The molecule has 5 heteroatoms. The predicted molar refractivity (Wildman–Crippen MR) is 79.7 cm³/mol. The van der Waals surface area contributed by atoms with Crippen LogP contribution in [-0.4, -0.2) is 23.0 Å². The third-order valence-electron chi connectivity index (χ3n) is 3.78. The van der Waals surface area contributed by atoms with Gasteiger partial charge in [-0.05, 0) is 66.2 Å². The van der Waals surface area contributed by atoms with Crippen molar-refractivity contribution in [2.75, 3.05) is 0 Å². The molecule has 1 saturated carbocycles. The molecule has 1 fully saturated rings. The zero-order valence-electron chi connectivity index (χ0n) is 11.4. The number of halogens is 1. The maximum absolute atomic E-state index is 12.2. The number of carbonyl (C=O) groups is 2. The average Bonchev–Trinajstić information content (AvgIpc) is 2.39. The van der Waals surface area contributed by atoms with E-state index in [1.54, 1.807) is 6.07 Å². The number of benzene rings is 1. The van der Waals surface area contributed by atoms with Crippen molar-refractivity contribution >= 4 is 27.8 Å². The molecule has 1 amide bonds. The number of hydrogen-bond acceptors (Lipinski definition) is 2. The molecule has 0 aromatic heterocycles. The van der Waals surface area contributed by atoms with Gasteiger partial charge in [0.2, 0.25) is 0 Å². The van der Waals surface area contributed by atoms with E-state index in [1.165, 1.54) is 0 Å². The Balaban J connectivity index is 1.94. The Bertz CT molecular complexity index is 522. The number of carbonyl (C=O) groups excluding carboxylic acids is 1. The number of aryl methyl sites for hydroxylation is 1. The lowest BCUT2D eigenvalue weighted by Crippen LogP contribution is -2.38. The molecule has 0 heterocycles. The summed E-state index contributed by atoms with van der Waals surface area (Å²) >= 11 is 3.40. The molecule has 0 unspecified atom stereocenters. The predicted octanol–water partition coefficient (Wildman–Crippen LogP) is 3.13. The molecule has 0 saturated heterocycles. The molecule has 20 heavy (non-hydrogen) atoms. The van der Waals surface area contributed by atoms with Crippen molar-refractivity contribution in [2.24, 2.45) is 5.92 Å². The van der Waals surface area contributed by atoms with Crippen molar-refractivity contribution in [1.82, 2.24) is 5.32 Å². The van der Waals surface area contributed by atoms with Crippen molar-refractivity contribution in [3.05, 3.63) is 33.8 Å². The van der Waals surface area contributed by atoms with Crippen molar-refractivity contribution in [3.63, 3.8) is 0 Å². The van der Waals surface area contributed by atoms with E-state index < -0.39 is 5.97 Å². The first kappa shape index (κ1) is 15.0.